The highest BCUT2D eigenvalue weighted by Gasteiger charge is 2.36. The normalized spacial score (nSPS) is 25.2. The van der Waals surface area contributed by atoms with Crippen molar-refractivity contribution in [2.45, 2.75) is 31.1 Å². The Morgan fingerprint density at radius 3 is 3.07 bits per heavy atom. The van der Waals surface area contributed by atoms with Crippen molar-refractivity contribution >= 4 is 34.1 Å². The summed E-state index contributed by atoms with van der Waals surface area (Å²) in [7, 11) is 0. The van der Waals surface area contributed by atoms with Gasteiger partial charge < -0.3 is 10.2 Å². The summed E-state index contributed by atoms with van der Waals surface area (Å²) in [4.78, 5) is 20.3. The van der Waals surface area contributed by atoms with Crippen molar-refractivity contribution < 1.29 is 9.18 Å². The molecule has 0 aliphatic carbocycles. The summed E-state index contributed by atoms with van der Waals surface area (Å²) in [5.74, 6) is -0.173. The minimum atomic E-state index is -1.10. The molecule has 1 amide bonds. The van der Waals surface area contributed by atoms with Crippen LogP contribution in [0.5, 0.6) is 0 Å². The number of rotatable bonds is 4. The number of nitriles is 1. The molecular weight excluding hydrogens is 381 g/mol. The number of pyridine rings is 1. The van der Waals surface area contributed by atoms with E-state index in [0.29, 0.717) is 11.6 Å². The molecule has 28 heavy (non-hydrogen) atoms. The number of fused-ring (bicyclic) bond motifs is 1. The summed E-state index contributed by atoms with van der Waals surface area (Å²) in [5.41, 5.74) is 1.84. The second-order valence-electron chi connectivity index (χ2n) is 7.41. The number of carbonyl (C=O) groups is 1. The number of halogens is 2. The van der Waals surface area contributed by atoms with E-state index in [1.165, 1.54) is 4.90 Å². The number of anilines is 1. The van der Waals surface area contributed by atoms with Crippen LogP contribution in [-0.4, -0.2) is 65.1 Å². The SMILES string of the molecule is N#C[C@@H]1C[C@H](F)CN1C(=O)CN1CC[C@@H](Nc2ccnc3ccc(Cl)cc23)C1. The number of nitrogens with one attached hydrogen (secondary N) is 1. The Hall–Kier alpha value is -2.43. The Kier molecular flexibility index (Phi) is 5.33. The maximum atomic E-state index is 13.6. The Morgan fingerprint density at radius 1 is 1.39 bits per heavy atom. The van der Waals surface area contributed by atoms with Gasteiger partial charge in [0.25, 0.3) is 0 Å². The van der Waals surface area contributed by atoms with Gasteiger partial charge in [0.05, 0.1) is 24.7 Å². The number of benzene rings is 1. The molecule has 8 heteroatoms. The summed E-state index contributed by atoms with van der Waals surface area (Å²) < 4.78 is 13.6. The number of carbonyl (C=O) groups excluding carboxylic acids is 1. The zero-order valence-corrected chi connectivity index (χ0v) is 16.1. The first-order chi connectivity index (χ1) is 13.5. The van der Waals surface area contributed by atoms with Crippen LogP contribution in [0.3, 0.4) is 0 Å². The number of nitrogens with zero attached hydrogens (tertiary/aromatic N) is 4. The molecule has 2 saturated heterocycles. The number of alkyl halides is 1. The minimum Gasteiger partial charge on any atom is -0.380 e. The van der Waals surface area contributed by atoms with Crippen molar-refractivity contribution in [2.75, 3.05) is 31.5 Å². The van der Waals surface area contributed by atoms with E-state index in [1.54, 1.807) is 6.20 Å². The van der Waals surface area contributed by atoms with Gasteiger partial charge in [-0.25, -0.2) is 4.39 Å². The second-order valence-corrected chi connectivity index (χ2v) is 7.85. The molecule has 146 valence electrons. The van der Waals surface area contributed by atoms with Crippen molar-refractivity contribution in [3.05, 3.63) is 35.5 Å². The molecule has 0 bridgehead atoms. The van der Waals surface area contributed by atoms with Crippen molar-refractivity contribution in [2.24, 2.45) is 0 Å². The smallest absolute Gasteiger partial charge is 0.237 e. The van der Waals surface area contributed by atoms with Crippen LogP contribution in [0.25, 0.3) is 10.9 Å². The molecule has 2 aliphatic rings. The van der Waals surface area contributed by atoms with Gasteiger partial charge in [-0.1, -0.05) is 11.6 Å². The third-order valence-electron chi connectivity index (χ3n) is 5.41. The zero-order valence-electron chi connectivity index (χ0n) is 15.3. The van der Waals surface area contributed by atoms with Gasteiger partial charge in [0, 0.05) is 47.8 Å². The summed E-state index contributed by atoms with van der Waals surface area (Å²) in [5, 5.41) is 14.3. The highest BCUT2D eigenvalue weighted by atomic mass is 35.5. The van der Waals surface area contributed by atoms with Gasteiger partial charge in [-0.3, -0.25) is 14.7 Å². The number of amides is 1. The molecule has 2 fully saturated rings. The fourth-order valence-corrected chi connectivity index (χ4v) is 4.20. The van der Waals surface area contributed by atoms with Gasteiger partial charge in [-0.2, -0.15) is 5.26 Å². The highest BCUT2D eigenvalue weighted by molar-refractivity contribution is 6.31. The van der Waals surface area contributed by atoms with Crippen LogP contribution in [0.1, 0.15) is 12.8 Å². The topological polar surface area (TPSA) is 72.3 Å². The molecule has 0 radical (unpaired) electrons. The largest absolute Gasteiger partial charge is 0.380 e. The average Bonchev–Trinajstić information content (AvgIpc) is 3.28. The van der Waals surface area contributed by atoms with E-state index in [1.807, 2.05) is 30.3 Å². The molecule has 0 unspecified atom stereocenters. The number of likely N-dealkylation sites (tertiary alicyclic amines) is 2. The van der Waals surface area contributed by atoms with Gasteiger partial charge in [0.15, 0.2) is 0 Å². The molecule has 6 nitrogen and oxygen atoms in total. The molecule has 0 spiro atoms. The van der Waals surface area contributed by atoms with E-state index in [2.05, 4.69) is 15.2 Å². The Morgan fingerprint density at radius 2 is 2.25 bits per heavy atom. The Balaban J connectivity index is 1.38. The standard InChI is InChI=1S/C20H21ClFN5O/c21-13-1-2-18-17(7-13)19(3-5-24-18)25-15-4-6-26(11-15)12-20(28)27-10-14(22)8-16(27)9-23/h1-3,5,7,14-16H,4,6,8,10-12H2,(H,24,25)/t14-,15+,16-/m0/s1. The van der Waals surface area contributed by atoms with Crippen molar-refractivity contribution in [1.82, 2.24) is 14.8 Å². The third-order valence-corrected chi connectivity index (χ3v) is 5.65. The van der Waals surface area contributed by atoms with Crippen molar-refractivity contribution in [1.29, 1.82) is 5.26 Å². The molecule has 2 aromatic rings. The van der Waals surface area contributed by atoms with Crippen LogP contribution in [0.15, 0.2) is 30.5 Å². The maximum absolute atomic E-state index is 13.6. The van der Waals surface area contributed by atoms with Crippen molar-refractivity contribution in [3.8, 4) is 6.07 Å². The maximum Gasteiger partial charge on any atom is 0.237 e. The van der Waals surface area contributed by atoms with Crippen LogP contribution >= 0.6 is 11.6 Å². The molecule has 0 saturated carbocycles. The van der Waals surface area contributed by atoms with E-state index in [4.69, 9.17) is 16.9 Å². The molecule has 1 N–H and O–H groups in total. The number of aromatic nitrogens is 1. The molecule has 4 rings (SSSR count). The van der Waals surface area contributed by atoms with E-state index in [9.17, 15) is 9.18 Å². The predicted octanol–water partition coefficient (Wildman–Crippen LogP) is 2.84. The van der Waals surface area contributed by atoms with Crippen molar-refractivity contribution in [3.63, 3.8) is 0 Å². The zero-order chi connectivity index (χ0) is 19.7. The van der Waals surface area contributed by atoms with E-state index < -0.39 is 12.2 Å². The van der Waals surface area contributed by atoms with E-state index in [0.717, 1.165) is 29.6 Å². The van der Waals surface area contributed by atoms with Crippen LogP contribution in [0.4, 0.5) is 10.1 Å². The first-order valence-electron chi connectivity index (χ1n) is 9.40. The lowest BCUT2D eigenvalue weighted by atomic mass is 10.1. The quantitative estimate of drug-likeness (QED) is 0.852. The van der Waals surface area contributed by atoms with Gasteiger partial charge >= 0.3 is 0 Å². The fourth-order valence-electron chi connectivity index (χ4n) is 4.02. The monoisotopic (exact) mass is 401 g/mol. The molecule has 1 aromatic heterocycles. The number of hydrogen-bond acceptors (Lipinski definition) is 5. The summed E-state index contributed by atoms with van der Waals surface area (Å²) in [6, 6.07) is 9.11. The average molecular weight is 402 g/mol. The Bertz CT molecular complexity index is 932. The summed E-state index contributed by atoms with van der Waals surface area (Å²) in [6.45, 7) is 1.72. The van der Waals surface area contributed by atoms with E-state index >= 15 is 0 Å². The summed E-state index contributed by atoms with van der Waals surface area (Å²) >= 11 is 6.13. The first kappa shape index (κ1) is 18.9. The lowest BCUT2D eigenvalue weighted by molar-refractivity contribution is -0.132. The Labute approximate surface area is 167 Å². The predicted molar refractivity (Wildman–Crippen MR) is 106 cm³/mol. The molecule has 3 heterocycles. The van der Waals surface area contributed by atoms with Crippen LogP contribution in [-0.2, 0) is 4.79 Å². The van der Waals surface area contributed by atoms with Gasteiger partial charge in [0.1, 0.15) is 12.2 Å². The molecule has 1 aromatic carbocycles. The van der Waals surface area contributed by atoms with Gasteiger partial charge in [-0.15, -0.1) is 0 Å². The lowest BCUT2D eigenvalue weighted by Gasteiger charge is -2.23. The first-order valence-corrected chi connectivity index (χ1v) is 9.77. The number of hydrogen-bond donors (Lipinski definition) is 1. The van der Waals surface area contributed by atoms with Crippen LogP contribution in [0.2, 0.25) is 5.02 Å². The highest BCUT2D eigenvalue weighted by Crippen LogP contribution is 2.27. The fraction of sp³-hybridized carbons (Fsp3) is 0.450. The van der Waals surface area contributed by atoms with E-state index in [-0.39, 0.29) is 31.5 Å². The van der Waals surface area contributed by atoms with Gasteiger partial charge in [-0.05, 0) is 30.7 Å². The van der Waals surface area contributed by atoms with Crippen LogP contribution < -0.4 is 5.32 Å². The second kappa shape index (κ2) is 7.90. The lowest BCUT2D eigenvalue weighted by Crippen LogP contribution is -2.42. The summed E-state index contributed by atoms with van der Waals surface area (Å²) in [6.07, 6.45) is 1.67. The molecule has 2 aliphatic heterocycles. The molecule has 3 atom stereocenters. The minimum absolute atomic E-state index is 0.0241. The third kappa shape index (κ3) is 3.89. The van der Waals surface area contributed by atoms with Gasteiger partial charge in [0.2, 0.25) is 5.91 Å². The van der Waals surface area contributed by atoms with Crippen LogP contribution in [0, 0.1) is 11.3 Å². The molecular formula is C20H21ClFN5O.